The highest BCUT2D eigenvalue weighted by Gasteiger charge is 2.21. The van der Waals surface area contributed by atoms with Crippen LogP contribution in [0.4, 0.5) is 11.4 Å². The lowest BCUT2D eigenvalue weighted by Crippen LogP contribution is -2.20. The molecular formula is C24H30N2O4. The van der Waals surface area contributed by atoms with Gasteiger partial charge in [0.1, 0.15) is 11.9 Å². The van der Waals surface area contributed by atoms with Gasteiger partial charge in [0.05, 0.1) is 11.3 Å². The SMILES string of the molecule is CCCCc1ccc(NC(=O)COc2cc(C(=O)OC3CCCC3)ccc2N)cc1. The second-order valence-corrected chi connectivity index (χ2v) is 7.70. The summed E-state index contributed by atoms with van der Waals surface area (Å²) in [4.78, 5) is 24.6. The minimum atomic E-state index is -0.389. The van der Waals surface area contributed by atoms with E-state index in [1.807, 2.05) is 24.3 Å². The van der Waals surface area contributed by atoms with Crippen LogP contribution in [0.1, 0.15) is 61.4 Å². The molecule has 3 rings (SSSR count). The molecule has 2 aromatic rings. The largest absolute Gasteiger partial charge is 0.482 e. The van der Waals surface area contributed by atoms with Crippen molar-refractivity contribution < 1.29 is 19.1 Å². The van der Waals surface area contributed by atoms with Crippen molar-refractivity contribution in [1.29, 1.82) is 0 Å². The molecule has 2 aromatic carbocycles. The first-order valence-electron chi connectivity index (χ1n) is 10.7. The van der Waals surface area contributed by atoms with E-state index in [9.17, 15) is 9.59 Å². The number of hydrogen-bond acceptors (Lipinski definition) is 5. The predicted molar refractivity (Wildman–Crippen MR) is 118 cm³/mol. The number of carbonyl (C=O) groups excluding carboxylic acids is 2. The number of carbonyl (C=O) groups is 2. The van der Waals surface area contributed by atoms with Gasteiger partial charge in [-0.25, -0.2) is 4.79 Å². The van der Waals surface area contributed by atoms with E-state index < -0.39 is 0 Å². The van der Waals surface area contributed by atoms with Crippen LogP contribution in [0, 0.1) is 0 Å². The van der Waals surface area contributed by atoms with Crippen molar-refractivity contribution in [2.45, 2.75) is 58.0 Å². The lowest BCUT2D eigenvalue weighted by Gasteiger charge is -2.13. The minimum Gasteiger partial charge on any atom is -0.482 e. The van der Waals surface area contributed by atoms with Gasteiger partial charge in [-0.1, -0.05) is 25.5 Å². The van der Waals surface area contributed by atoms with E-state index in [-0.39, 0.29) is 24.6 Å². The Morgan fingerprint density at radius 3 is 2.53 bits per heavy atom. The summed E-state index contributed by atoms with van der Waals surface area (Å²) >= 11 is 0. The Bertz CT molecular complexity index is 858. The van der Waals surface area contributed by atoms with Gasteiger partial charge in [0, 0.05) is 5.69 Å². The summed E-state index contributed by atoms with van der Waals surface area (Å²) in [6, 6.07) is 12.5. The zero-order valence-electron chi connectivity index (χ0n) is 17.5. The maximum atomic E-state index is 12.3. The van der Waals surface area contributed by atoms with Crippen LogP contribution in [0.15, 0.2) is 42.5 Å². The third-order valence-electron chi connectivity index (χ3n) is 5.24. The Kier molecular flexibility index (Phi) is 7.71. The highest BCUT2D eigenvalue weighted by atomic mass is 16.5. The van der Waals surface area contributed by atoms with E-state index in [2.05, 4.69) is 12.2 Å². The van der Waals surface area contributed by atoms with E-state index in [4.69, 9.17) is 15.2 Å². The molecule has 0 aromatic heterocycles. The number of esters is 1. The van der Waals surface area contributed by atoms with Gasteiger partial charge in [-0.05, 0) is 74.4 Å². The summed E-state index contributed by atoms with van der Waals surface area (Å²) < 4.78 is 11.1. The highest BCUT2D eigenvalue weighted by Crippen LogP contribution is 2.26. The molecule has 0 saturated heterocycles. The maximum absolute atomic E-state index is 12.3. The van der Waals surface area contributed by atoms with E-state index in [0.29, 0.717) is 22.7 Å². The third-order valence-corrected chi connectivity index (χ3v) is 5.24. The molecular weight excluding hydrogens is 380 g/mol. The van der Waals surface area contributed by atoms with Gasteiger partial charge in [0.2, 0.25) is 0 Å². The van der Waals surface area contributed by atoms with E-state index in [1.165, 1.54) is 11.6 Å². The fraction of sp³-hybridized carbons (Fsp3) is 0.417. The summed E-state index contributed by atoms with van der Waals surface area (Å²) in [5.74, 6) is -0.394. The molecule has 1 aliphatic carbocycles. The van der Waals surface area contributed by atoms with Crippen LogP contribution >= 0.6 is 0 Å². The number of hydrogen-bond donors (Lipinski definition) is 2. The first-order valence-corrected chi connectivity index (χ1v) is 10.7. The number of nitrogens with one attached hydrogen (secondary N) is 1. The summed E-state index contributed by atoms with van der Waals surface area (Å²) in [7, 11) is 0. The van der Waals surface area contributed by atoms with Crippen molar-refractivity contribution in [1.82, 2.24) is 0 Å². The molecule has 1 fully saturated rings. The van der Waals surface area contributed by atoms with Gasteiger partial charge in [0.25, 0.3) is 5.91 Å². The average molecular weight is 411 g/mol. The normalized spacial score (nSPS) is 13.8. The Morgan fingerprint density at radius 2 is 1.83 bits per heavy atom. The Labute approximate surface area is 177 Å². The molecule has 3 N–H and O–H groups in total. The molecule has 6 heteroatoms. The van der Waals surface area contributed by atoms with Crippen molar-refractivity contribution in [2.75, 3.05) is 17.7 Å². The smallest absolute Gasteiger partial charge is 0.338 e. The van der Waals surface area contributed by atoms with E-state index in [1.54, 1.807) is 12.1 Å². The molecule has 1 aliphatic rings. The highest BCUT2D eigenvalue weighted by molar-refractivity contribution is 5.92. The summed E-state index contributed by atoms with van der Waals surface area (Å²) in [6.07, 6.45) is 7.31. The molecule has 0 spiro atoms. The number of benzene rings is 2. The number of ether oxygens (including phenoxy) is 2. The van der Waals surface area contributed by atoms with Crippen molar-refractivity contribution in [2.24, 2.45) is 0 Å². The van der Waals surface area contributed by atoms with Crippen LogP contribution in [-0.2, 0) is 16.0 Å². The molecule has 160 valence electrons. The number of amides is 1. The van der Waals surface area contributed by atoms with Gasteiger partial charge in [-0.15, -0.1) is 0 Å². The van der Waals surface area contributed by atoms with Crippen LogP contribution < -0.4 is 15.8 Å². The third kappa shape index (κ3) is 6.24. The minimum absolute atomic E-state index is 0.0152. The number of aryl methyl sites for hydroxylation is 1. The van der Waals surface area contributed by atoms with Gasteiger partial charge in [-0.2, -0.15) is 0 Å². The van der Waals surface area contributed by atoms with Crippen LogP contribution in [-0.4, -0.2) is 24.6 Å². The average Bonchev–Trinajstić information content (AvgIpc) is 3.25. The lowest BCUT2D eigenvalue weighted by molar-refractivity contribution is -0.118. The van der Waals surface area contributed by atoms with Crippen LogP contribution in [0.25, 0.3) is 0 Å². The molecule has 6 nitrogen and oxygen atoms in total. The summed E-state index contributed by atoms with van der Waals surface area (Å²) in [5.41, 5.74) is 8.63. The first-order chi connectivity index (χ1) is 14.5. The Morgan fingerprint density at radius 1 is 1.10 bits per heavy atom. The van der Waals surface area contributed by atoms with Crippen molar-refractivity contribution in [3.8, 4) is 5.75 Å². The molecule has 0 aliphatic heterocycles. The van der Waals surface area contributed by atoms with Gasteiger partial charge < -0.3 is 20.5 Å². The van der Waals surface area contributed by atoms with Crippen molar-refractivity contribution in [3.05, 3.63) is 53.6 Å². The zero-order valence-corrected chi connectivity index (χ0v) is 17.5. The first kappa shape index (κ1) is 21.7. The fourth-order valence-corrected chi connectivity index (χ4v) is 3.49. The zero-order chi connectivity index (χ0) is 21.3. The van der Waals surface area contributed by atoms with Gasteiger partial charge in [0.15, 0.2) is 6.61 Å². The van der Waals surface area contributed by atoms with Gasteiger partial charge in [-0.3, -0.25) is 4.79 Å². The number of unbranched alkanes of at least 4 members (excludes halogenated alkanes) is 1. The quantitative estimate of drug-likeness (QED) is 0.461. The molecule has 1 saturated carbocycles. The number of rotatable bonds is 9. The van der Waals surface area contributed by atoms with Crippen LogP contribution in [0.3, 0.4) is 0 Å². The second kappa shape index (κ2) is 10.7. The molecule has 0 atom stereocenters. The van der Waals surface area contributed by atoms with E-state index in [0.717, 1.165) is 44.9 Å². The molecule has 0 radical (unpaired) electrons. The number of nitrogen functional groups attached to an aromatic ring is 1. The molecule has 0 heterocycles. The summed E-state index contributed by atoms with van der Waals surface area (Å²) in [5, 5.41) is 2.80. The Hall–Kier alpha value is -3.02. The number of nitrogens with two attached hydrogens (primary N) is 1. The van der Waals surface area contributed by atoms with Crippen LogP contribution in [0.2, 0.25) is 0 Å². The summed E-state index contributed by atoms with van der Waals surface area (Å²) in [6.45, 7) is 1.96. The molecule has 30 heavy (non-hydrogen) atoms. The molecule has 0 unspecified atom stereocenters. The van der Waals surface area contributed by atoms with Crippen molar-refractivity contribution in [3.63, 3.8) is 0 Å². The van der Waals surface area contributed by atoms with Crippen LogP contribution in [0.5, 0.6) is 5.75 Å². The Balaban J connectivity index is 1.52. The monoisotopic (exact) mass is 410 g/mol. The lowest BCUT2D eigenvalue weighted by atomic mass is 10.1. The predicted octanol–water partition coefficient (Wildman–Crippen LogP) is 4.73. The van der Waals surface area contributed by atoms with Crippen molar-refractivity contribution >= 4 is 23.3 Å². The molecule has 1 amide bonds. The molecule has 0 bridgehead atoms. The van der Waals surface area contributed by atoms with Gasteiger partial charge >= 0.3 is 5.97 Å². The topological polar surface area (TPSA) is 90.6 Å². The number of anilines is 2. The van der Waals surface area contributed by atoms with E-state index >= 15 is 0 Å². The standard InChI is InChI=1S/C24H30N2O4/c1-2-3-6-17-9-12-19(13-10-17)26-23(27)16-29-22-15-18(11-14-21(22)25)24(28)30-20-7-4-5-8-20/h9-15,20H,2-8,16,25H2,1H3,(H,26,27). The fourth-order valence-electron chi connectivity index (χ4n) is 3.49. The maximum Gasteiger partial charge on any atom is 0.338 e. The second-order valence-electron chi connectivity index (χ2n) is 7.70.